The third-order valence-corrected chi connectivity index (χ3v) is 8.52. The summed E-state index contributed by atoms with van der Waals surface area (Å²) in [4.78, 5) is 40.9. The molecule has 0 heterocycles. The Bertz CT molecular complexity index is 1200. The Hall–Kier alpha value is -2.68. The molecule has 286 valence electrons. The van der Waals surface area contributed by atoms with E-state index in [9.17, 15) is 19.5 Å². The molecule has 0 spiro atoms. The van der Waals surface area contributed by atoms with Gasteiger partial charge in [0.25, 0.3) is 0 Å². The first-order valence-corrected chi connectivity index (χ1v) is 17.9. The number of nitrogens with zero attached hydrogens (tertiary/aromatic N) is 1. The van der Waals surface area contributed by atoms with Crippen LogP contribution in [0.5, 0.6) is 5.75 Å². The molecular weight excluding hydrogens is 662 g/mol. The molecule has 0 aliphatic heterocycles. The van der Waals surface area contributed by atoms with E-state index >= 15 is 0 Å². The van der Waals surface area contributed by atoms with Gasteiger partial charge in [0.15, 0.2) is 0 Å². The van der Waals surface area contributed by atoms with E-state index in [-0.39, 0.29) is 23.3 Å². The molecule has 0 aromatic heterocycles. The number of carbonyl (C=O) groups excluding carboxylic acids is 2. The quantitative estimate of drug-likeness (QED) is 0.0664. The van der Waals surface area contributed by atoms with Crippen molar-refractivity contribution >= 4 is 30.4 Å². The van der Waals surface area contributed by atoms with E-state index in [0.29, 0.717) is 71.0 Å². The molecule has 1 aromatic carbocycles. The van der Waals surface area contributed by atoms with E-state index in [0.717, 1.165) is 5.56 Å². The Kier molecular flexibility index (Phi) is 20.9. The highest BCUT2D eigenvalue weighted by atomic mass is 32.1. The Balaban J connectivity index is 2.82. The average molecular weight is 726 g/mol. The van der Waals surface area contributed by atoms with Crippen LogP contribution in [0.2, 0.25) is 0 Å². The summed E-state index contributed by atoms with van der Waals surface area (Å²) in [5, 5.41) is 15.6. The molecule has 0 fully saturated rings. The second-order valence-electron chi connectivity index (χ2n) is 14.1. The van der Waals surface area contributed by atoms with Crippen LogP contribution in [0.1, 0.15) is 61.0 Å². The maximum absolute atomic E-state index is 13.9. The standard InChI is InChI=1S/C37H63N3O9S/c1-26(2)30(24-27(3)35(43)44)40(10)34(42)32(36(4,5)6)39-33(41)31(38-9)37(7,8)28-12-11-13-29(25-28)49-21-20-47-17-16-45-14-15-46-18-19-48-22-23-50/h11-13,24-26,30-32,38,50H,14-23H2,1-10H3,(H,39,41)(H,43,44)/b27-24+/t30-,31-,32-/m1/s1. The van der Waals surface area contributed by atoms with Crippen LogP contribution in [0.4, 0.5) is 0 Å². The van der Waals surface area contributed by atoms with Crippen LogP contribution in [0, 0.1) is 11.3 Å². The van der Waals surface area contributed by atoms with Crippen LogP contribution >= 0.6 is 12.6 Å². The second kappa shape index (κ2) is 23.0. The Morgan fingerprint density at radius 3 is 1.86 bits per heavy atom. The first-order chi connectivity index (χ1) is 23.5. The smallest absolute Gasteiger partial charge is 0.331 e. The summed E-state index contributed by atoms with van der Waals surface area (Å²) in [5.41, 5.74) is -0.303. The summed E-state index contributed by atoms with van der Waals surface area (Å²) >= 11 is 4.08. The number of rotatable bonds is 25. The number of carbonyl (C=O) groups is 3. The van der Waals surface area contributed by atoms with Crippen molar-refractivity contribution in [1.82, 2.24) is 15.5 Å². The van der Waals surface area contributed by atoms with Crippen LogP contribution in [0.25, 0.3) is 0 Å². The van der Waals surface area contributed by atoms with Gasteiger partial charge in [0, 0.05) is 23.8 Å². The lowest BCUT2D eigenvalue weighted by Gasteiger charge is -2.40. The Morgan fingerprint density at radius 1 is 0.880 bits per heavy atom. The molecular formula is C37H63N3O9S. The number of thiol groups is 1. The minimum Gasteiger partial charge on any atom is -0.491 e. The maximum atomic E-state index is 13.9. The zero-order valence-corrected chi connectivity index (χ0v) is 32.8. The summed E-state index contributed by atoms with van der Waals surface area (Å²) in [7, 11) is 3.37. The SMILES string of the molecule is CN[C@H](C(=O)N[C@H](C(=O)N(C)[C@H](/C=C(\C)C(=O)O)C(C)C)C(C)(C)C)C(C)(C)c1cccc(OCCOCCOCCOCCOCCS)c1. The summed E-state index contributed by atoms with van der Waals surface area (Å²) in [5.74, 6) is -0.382. The molecule has 3 atom stereocenters. The highest BCUT2D eigenvalue weighted by Gasteiger charge is 2.41. The maximum Gasteiger partial charge on any atom is 0.331 e. The largest absolute Gasteiger partial charge is 0.491 e. The third-order valence-electron chi connectivity index (χ3n) is 8.33. The number of ether oxygens (including phenoxy) is 5. The van der Waals surface area contributed by atoms with Gasteiger partial charge in [-0.2, -0.15) is 12.6 Å². The molecule has 0 unspecified atom stereocenters. The van der Waals surface area contributed by atoms with Gasteiger partial charge in [0.1, 0.15) is 18.4 Å². The second-order valence-corrected chi connectivity index (χ2v) is 14.6. The molecule has 13 heteroatoms. The fraction of sp³-hybridized carbons (Fsp3) is 0.703. The van der Waals surface area contributed by atoms with Gasteiger partial charge < -0.3 is 44.3 Å². The predicted molar refractivity (Wildman–Crippen MR) is 199 cm³/mol. The molecule has 1 aromatic rings. The summed E-state index contributed by atoms with van der Waals surface area (Å²) < 4.78 is 27.8. The fourth-order valence-corrected chi connectivity index (χ4v) is 5.45. The van der Waals surface area contributed by atoms with Crippen molar-refractivity contribution in [3.05, 3.63) is 41.5 Å². The van der Waals surface area contributed by atoms with Crippen molar-refractivity contribution in [2.75, 3.05) is 79.3 Å². The zero-order valence-electron chi connectivity index (χ0n) is 31.9. The van der Waals surface area contributed by atoms with Gasteiger partial charge in [-0.15, -0.1) is 0 Å². The number of benzene rings is 1. The van der Waals surface area contributed by atoms with Gasteiger partial charge in [-0.1, -0.05) is 66.7 Å². The number of nitrogens with one attached hydrogen (secondary N) is 2. The van der Waals surface area contributed by atoms with Gasteiger partial charge in [-0.05, 0) is 43.0 Å². The van der Waals surface area contributed by atoms with Gasteiger partial charge in [0.05, 0.1) is 64.9 Å². The third kappa shape index (κ3) is 15.7. The van der Waals surface area contributed by atoms with Gasteiger partial charge in [0.2, 0.25) is 11.8 Å². The van der Waals surface area contributed by atoms with Crippen molar-refractivity contribution in [2.45, 2.75) is 78.9 Å². The van der Waals surface area contributed by atoms with Crippen LogP contribution in [-0.4, -0.2) is 125 Å². The van der Waals surface area contributed by atoms with Gasteiger partial charge in [-0.3, -0.25) is 9.59 Å². The van der Waals surface area contributed by atoms with Crippen molar-refractivity contribution < 1.29 is 43.2 Å². The summed E-state index contributed by atoms with van der Waals surface area (Å²) in [6, 6.07) is 5.56. The molecule has 0 radical (unpaired) electrons. The van der Waals surface area contributed by atoms with Crippen molar-refractivity contribution in [1.29, 1.82) is 0 Å². The number of hydrogen-bond donors (Lipinski definition) is 4. The first kappa shape index (κ1) is 45.3. The highest BCUT2D eigenvalue weighted by molar-refractivity contribution is 7.80. The number of hydrogen-bond acceptors (Lipinski definition) is 10. The first-order valence-electron chi connectivity index (χ1n) is 17.3. The van der Waals surface area contributed by atoms with E-state index in [2.05, 4.69) is 23.3 Å². The highest BCUT2D eigenvalue weighted by Crippen LogP contribution is 2.31. The topological polar surface area (TPSA) is 145 Å². The van der Waals surface area contributed by atoms with E-state index < -0.39 is 34.9 Å². The number of aliphatic carboxylic acids is 1. The van der Waals surface area contributed by atoms with E-state index in [4.69, 9.17) is 23.7 Å². The fourth-order valence-electron chi connectivity index (χ4n) is 5.32. The van der Waals surface area contributed by atoms with Crippen molar-refractivity contribution in [2.24, 2.45) is 11.3 Å². The molecule has 0 aliphatic carbocycles. The zero-order chi connectivity index (χ0) is 37.9. The lowest BCUT2D eigenvalue weighted by molar-refractivity contribution is -0.141. The monoisotopic (exact) mass is 725 g/mol. The molecule has 0 aliphatic rings. The molecule has 0 saturated heterocycles. The molecule has 3 N–H and O–H groups in total. The normalized spacial score (nSPS) is 14.3. The van der Waals surface area contributed by atoms with Gasteiger partial charge >= 0.3 is 5.97 Å². The van der Waals surface area contributed by atoms with Crippen LogP contribution in [-0.2, 0) is 38.7 Å². The van der Waals surface area contributed by atoms with Crippen LogP contribution in [0.15, 0.2) is 35.9 Å². The van der Waals surface area contributed by atoms with Crippen LogP contribution in [0.3, 0.4) is 0 Å². The van der Waals surface area contributed by atoms with E-state index in [1.165, 1.54) is 11.8 Å². The summed E-state index contributed by atoms with van der Waals surface area (Å²) in [6.07, 6.45) is 1.59. The minimum absolute atomic E-state index is 0.0522. The Morgan fingerprint density at radius 2 is 1.40 bits per heavy atom. The minimum atomic E-state index is -1.04. The molecule has 0 saturated carbocycles. The lowest BCUT2D eigenvalue weighted by atomic mass is 9.76. The Labute approximate surface area is 305 Å². The van der Waals surface area contributed by atoms with E-state index in [1.54, 1.807) is 20.2 Å². The number of carboxylic acids is 1. The molecule has 1 rings (SSSR count). The molecule has 0 bridgehead atoms. The molecule has 50 heavy (non-hydrogen) atoms. The number of amides is 2. The average Bonchev–Trinajstić information content (AvgIpc) is 3.05. The lowest BCUT2D eigenvalue weighted by Crippen LogP contribution is -2.61. The van der Waals surface area contributed by atoms with Crippen molar-refractivity contribution in [3.8, 4) is 5.75 Å². The predicted octanol–water partition coefficient (Wildman–Crippen LogP) is 3.97. The molecule has 2 amide bonds. The summed E-state index contributed by atoms with van der Waals surface area (Å²) in [6.45, 7) is 19.3. The molecule has 12 nitrogen and oxygen atoms in total. The number of likely N-dealkylation sites (N-methyl/N-ethyl adjacent to an activating group) is 2. The van der Waals surface area contributed by atoms with Crippen LogP contribution < -0.4 is 15.4 Å². The van der Waals surface area contributed by atoms with Crippen molar-refractivity contribution in [3.63, 3.8) is 0 Å². The van der Waals surface area contributed by atoms with Gasteiger partial charge in [-0.25, -0.2) is 4.79 Å². The number of carboxylic acid groups (broad SMARTS) is 1. The van der Waals surface area contributed by atoms with E-state index in [1.807, 2.05) is 72.7 Å².